The Morgan fingerprint density at radius 2 is 0.538 bits per heavy atom. The van der Waals surface area contributed by atoms with Crippen LogP contribution in [-0.4, -0.2) is 16.9 Å². The van der Waals surface area contributed by atoms with Gasteiger partial charge in [-0.25, -0.2) is 0 Å². The maximum Gasteiger partial charge on any atom is 0.340 e. The van der Waals surface area contributed by atoms with E-state index < -0.39 is 8.40 Å². The van der Waals surface area contributed by atoms with Crippen LogP contribution in [0.25, 0.3) is 43.6 Å². The van der Waals surface area contributed by atoms with Crippen molar-refractivity contribution in [1.29, 1.82) is 0 Å². The number of aromatic nitrogens is 2. The predicted octanol–water partition coefficient (Wildman–Crippen LogP) is 7.56. The third kappa shape index (κ3) is 3.02. The van der Waals surface area contributed by atoms with Gasteiger partial charge in [-0.05, 0) is 34.6 Å². The first kappa shape index (κ1) is 22.2. The van der Waals surface area contributed by atoms with Crippen molar-refractivity contribution >= 4 is 62.4 Å². The molecule has 0 N–H and O–H groups in total. The van der Waals surface area contributed by atoms with Crippen LogP contribution >= 0.6 is 0 Å². The number of hydrogen-bond donors (Lipinski definition) is 0. The molecule has 2 heterocycles. The first-order chi connectivity index (χ1) is 19.4. The molecule has 0 saturated carbocycles. The first-order valence-electron chi connectivity index (χ1n) is 13.5. The molecule has 0 aliphatic carbocycles. The number of rotatable bonds is 4. The van der Waals surface area contributed by atoms with Gasteiger partial charge in [0, 0.05) is 43.6 Å². The molecule has 2 nitrogen and oxygen atoms in total. The monoisotopic (exact) mass is 514 g/mol. The van der Waals surface area contributed by atoms with Crippen LogP contribution in [0.5, 0.6) is 0 Å². The Morgan fingerprint density at radius 3 is 0.846 bits per heavy atom. The van der Waals surface area contributed by atoms with E-state index in [2.05, 4.69) is 166 Å². The molecule has 0 aliphatic heterocycles. The van der Waals surface area contributed by atoms with Crippen molar-refractivity contribution in [3.8, 4) is 0 Å². The topological polar surface area (TPSA) is 9.86 Å². The highest BCUT2D eigenvalue weighted by Crippen LogP contribution is 2.37. The SMILES string of the molecule is c1ccc([Si](c2ccccc2)(n2c3ccccc3c3ccccc32)n2c3ccccc3c3ccccc32)cc1. The molecule has 3 heteroatoms. The van der Waals surface area contributed by atoms with Crippen molar-refractivity contribution in [3.63, 3.8) is 0 Å². The average molecular weight is 515 g/mol. The van der Waals surface area contributed by atoms with Gasteiger partial charge in [0.25, 0.3) is 0 Å². The van der Waals surface area contributed by atoms with Gasteiger partial charge < -0.3 is 8.47 Å². The smallest absolute Gasteiger partial charge is 0.340 e. The van der Waals surface area contributed by atoms with Gasteiger partial charge in [0.1, 0.15) is 0 Å². The second kappa shape index (κ2) is 8.59. The zero-order valence-electron chi connectivity index (χ0n) is 21.4. The molecule has 0 aliphatic rings. The molecule has 0 atom stereocenters. The number of benzene rings is 6. The molecule has 0 bridgehead atoms. The van der Waals surface area contributed by atoms with E-state index in [1.54, 1.807) is 0 Å². The summed E-state index contributed by atoms with van der Waals surface area (Å²) in [7, 11) is -3.02. The minimum absolute atomic E-state index is 1.26. The molecular formula is C36H26N2Si. The number of fused-ring (bicyclic) bond motifs is 6. The van der Waals surface area contributed by atoms with Gasteiger partial charge >= 0.3 is 8.40 Å². The predicted molar refractivity (Wildman–Crippen MR) is 168 cm³/mol. The number of para-hydroxylation sites is 4. The maximum absolute atomic E-state index is 3.02. The minimum atomic E-state index is -3.02. The lowest BCUT2D eigenvalue weighted by atomic mass is 10.2. The third-order valence-corrected chi connectivity index (χ3v) is 12.7. The van der Waals surface area contributed by atoms with Crippen molar-refractivity contribution in [2.75, 3.05) is 0 Å². The van der Waals surface area contributed by atoms with Gasteiger partial charge in [-0.15, -0.1) is 0 Å². The normalized spacial score (nSPS) is 12.1. The summed E-state index contributed by atoms with van der Waals surface area (Å²) in [4.78, 5) is 0. The van der Waals surface area contributed by atoms with Crippen molar-refractivity contribution < 1.29 is 0 Å². The zero-order valence-corrected chi connectivity index (χ0v) is 22.4. The van der Waals surface area contributed by atoms with E-state index in [1.165, 1.54) is 54.0 Å². The summed E-state index contributed by atoms with van der Waals surface area (Å²) < 4.78 is 5.42. The maximum atomic E-state index is 2.71. The Balaban J connectivity index is 1.72. The Labute approximate surface area is 228 Å². The van der Waals surface area contributed by atoms with Gasteiger partial charge in [0.2, 0.25) is 0 Å². The summed E-state index contributed by atoms with van der Waals surface area (Å²) in [6, 6.07) is 58.1. The zero-order chi connectivity index (χ0) is 25.8. The lowest BCUT2D eigenvalue weighted by molar-refractivity contribution is 1.15. The second-order valence-corrected chi connectivity index (χ2v) is 13.5. The van der Waals surface area contributed by atoms with Crippen LogP contribution in [0.3, 0.4) is 0 Å². The number of hydrogen-bond acceptors (Lipinski definition) is 0. The molecule has 2 aromatic heterocycles. The van der Waals surface area contributed by atoms with Crippen LogP contribution in [0.4, 0.5) is 0 Å². The summed E-state index contributed by atoms with van der Waals surface area (Å²) in [5.74, 6) is 0. The van der Waals surface area contributed by atoms with Crippen LogP contribution < -0.4 is 10.4 Å². The Morgan fingerprint density at radius 1 is 0.282 bits per heavy atom. The summed E-state index contributed by atoms with van der Waals surface area (Å²) >= 11 is 0. The van der Waals surface area contributed by atoms with E-state index in [9.17, 15) is 0 Å². The van der Waals surface area contributed by atoms with Gasteiger partial charge in [-0.2, -0.15) is 0 Å². The van der Waals surface area contributed by atoms with Crippen LogP contribution in [-0.2, 0) is 0 Å². The first-order valence-corrected chi connectivity index (χ1v) is 15.4. The van der Waals surface area contributed by atoms with E-state index >= 15 is 0 Å². The molecule has 0 radical (unpaired) electrons. The fraction of sp³-hybridized carbons (Fsp3) is 0. The molecular weight excluding hydrogens is 488 g/mol. The molecule has 6 aromatic carbocycles. The van der Waals surface area contributed by atoms with Crippen molar-refractivity contribution in [3.05, 3.63) is 158 Å². The standard InChI is InChI=1S/C36H26N2Si/c1-3-15-27(16-4-1)39(28-17-5-2-6-18-28,37-33-23-11-7-19-29(33)30-20-8-12-24-34(30)37)38-35-25-13-9-21-31(35)32-22-10-14-26-36(32)38/h1-26H. The fourth-order valence-electron chi connectivity index (χ4n) is 6.67. The van der Waals surface area contributed by atoms with Gasteiger partial charge in [-0.3, -0.25) is 0 Å². The summed E-state index contributed by atoms with van der Waals surface area (Å²) in [6.07, 6.45) is 0. The summed E-state index contributed by atoms with van der Waals surface area (Å²) in [5, 5.41) is 7.84. The van der Waals surface area contributed by atoms with Crippen LogP contribution in [0.2, 0.25) is 0 Å². The molecule has 8 rings (SSSR count). The highest BCUT2D eigenvalue weighted by atomic mass is 28.3. The molecule has 8 aromatic rings. The van der Waals surface area contributed by atoms with E-state index in [0.717, 1.165) is 0 Å². The van der Waals surface area contributed by atoms with Crippen molar-refractivity contribution in [2.24, 2.45) is 0 Å². The van der Waals surface area contributed by atoms with E-state index in [-0.39, 0.29) is 0 Å². The van der Waals surface area contributed by atoms with Gasteiger partial charge in [0.15, 0.2) is 0 Å². The van der Waals surface area contributed by atoms with Crippen LogP contribution in [0.1, 0.15) is 0 Å². The molecule has 0 saturated heterocycles. The van der Waals surface area contributed by atoms with Crippen LogP contribution in [0.15, 0.2) is 158 Å². The average Bonchev–Trinajstić information content (AvgIpc) is 3.53. The second-order valence-electron chi connectivity index (χ2n) is 10.1. The molecule has 0 amide bonds. The van der Waals surface area contributed by atoms with Gasteiger partial charge in [0.05, 0.1) is 0 Å². The van der Waals surface area contributed by atoms with Crippen LogP contribution in [0, 0.1) is 0 Å². The van der Waals surface area contributed by atoms with Crippen molar-refractivity contribution in [2.45, 2.75) is 0 Å². The molecule has 0 fully saturated rings. The van der Waals surface area contributed by atoms with E-state index in [0.29, 0.717) is 0 Å². The van der Waals surface area contributed by atoms with Gasteiger partial charge in [-0.1, -0.05) is 133 Å². The van der Waals surface area contributed by atoms with E-state index in [4.69, 9.17) is 0 Å². The Hall–Kier alpha value is -4.86. The van der Waals surface area contributed by atoms with Crippen molar-refractivity contribution in [1.82, 2.24) is 8.47 Å². The molecule has 184 valence electrons. The largest absolute Gasteiger partial charge is 0.342 e. The van der Waals surface area contributed by atoms with E-state index in [1.807, 2.05) is 0 Å². The highest BCUT2D eigenvalue weighted by Gasteiger charge is 2.46. The fourth-order valence-corrected chi connectivity index (χ4v) is 11.7. The summed E-state index contributed by atoms with van der Waals surface area (Å²) in [6.45, 7) is 0. The molecule has 0 unspecified atom stereocenters. The Kier molecular flexibility index (Phi) is 4.88. The minimum Gasteiger partial charge on any atom is -0.342 e. The lowest BCUT2D eigenvalue weighted by Crippen LogP contribution is -2.69. The lowest BCUT2D eigenvalue weighted by Gasteiger charge is -2.38. The summed E-state index contributed by atoms with van der Waals surface area (Å²) in [5.41, 5.74) is 5.06. The third-order valence-electron chi connectivity index (χ3n) is 8.16. The molecule has 0 spiro atoms. The number of nitrogens with zero attached hydrogens (tertiary/aromatic N) is 2. The molecule has 39 heavy (non-hydrogen) atoms. The highest BCUT2D eigenvalue weighted by molar-refractivity contribution is 7.01. The Bertz CT molecular complexity index is 1860. The quantitative estimate of drug-likeness (QED) is 0.215.